The van der Waals surface area contributed by atoms with Crippen molar-refractivity contribution in [2.45, 2.75) is 26.2 Å². The summed E-state index contributed by atoms with van der Waals surface area (Å²) < 4.78 is 0. The van der Waals surface area contributed by atoms with Gasteiger partial charge in [0.05, 0.1) is 0 Å². The highest BCUT2D eigenvalue weighted by molar-refractivity contribution is 5.20. The van der Waals surface area contributed by atoms with E-state index >= 15 is 0 Å². The van der Waals surface area contributed by atoms with Crippen molar-refractivity contribution in [3.8, 4) is 0 Å². The fourth-order valence-electron chi connectivity index (χ4n) is 3.64. The van der Waals surface area contributed by atoms with Crippen molar-refractivity contribution in [1.29, 1.82) is 0 Å². The van der Waals surface area contributed by atoms with Crippen molar-refractivity contribution in [2.24, 2.45) is 23.2 Å². The second kappa shape index (κ2) is 1.34. The van der Waals surface area contributed by atoms with Crippen LogP contribution in [0.3, 0.4) is 0 Å². The largest absolute Gasteiger partial charge is 0.0879 e. The molecule has 0 spiro atoms. The maximum absolute atomic E-state index is 2.50. The summed E-state index contributed by atoms with van der Waals surface area (Å²) in [4.78, 5) is 0. The second-order valence-corrected chi connectivity index (χ2v) is 4.59. The van der Waals surface area contributed by atoms with Gasteiger partial charge < -0.3 is 0 Å². The first-order valence-corrected chi connectivity index (χ1v) is 4.47. The van der Waals surface area contributed by atoms with E-state index < -0.39 is 0 Å². The van der Waals surface area contributed by atoms with Crippen LogP contribution in [-0.2, 0) is 0 Å². The molecule has 54 valence electrons. The van der Waals surface area contributed by atoms with Crippen LogP contribution in [-0.4, -0.2) is 0 Å². The number of rotatable bonds is 0. The Morgan fingerprint density at radius 1 is 1.50 bits per heavy atom. The van der Waals surface area contributed by atoms with Gasteiger partial charge in [0, 0.05) is 0 Å². The highest BCUT2D eigenvalue weighted by Gasteiger charge is 2.60. The molecule has 4 aliphatic carbocycles. The zero-order valence-electron chi connectivity index (χ0n) is 6.51. The number of allylic oxidation sites excluding steroid dienone is 2. The quantitative estimate of drug-likeness (QED) is 0.447. The van der Waals surface area contributed by atoms with E-state index in [1.165, 1.54) is 19.3 Å². The number of hydrogen-bond donors (Lipinski definition) is 0. The normalized spacial score (nSPS) is 62.3. The standard InChI is InChI=1S/C10H14/c1-10-6-7-5-8(10)3-2-4-9(7)10/h2,4,7-9H,3,5-6H2,1H3. The minimum Gasteiger partial charge on any atom is -0.0879 e. The third-order valence-corrected chi connectivity index (χ3v) is 4.26. The van der Waals surface area contributed by atoms with Crippen LogP contribution in [0.2, 0.25) is 0 Å². The molecule has 4 rings (SSSR count). The summed E-state index contributed by atoms with van der Waals surface area (Å²) in [6.07, 6.45) is 9.35. The van der Waals surface area contributed by atoms with E-state index in [-0.39, 0.29) is 0 Å². The van der Waals surface area contributed by atoms with Gasteiger partial charge in [-0.05, 0) is 42.4 Å². The maximum atomic E-state index is 2.50. The average molecular weight is 134 g/mol. The molecule has 0 aliphatic heterocycles. The predicted octanol–water partition coefficient (Wildman–Crippen LogP) is 2.61. The summed E-state index contributed by atoms with van der Waals surface area (Å²) in [5, 5.41) is 0. The van der Waals surface area contributed by atoms with Crippen LogP contribution in [0, 0.1) is 23.2 Å². The van der Waals surface area contributed by atoms with E-state index in [1.54, 1.807) is 0 Å². The van der Waals surface area contributed by atoms with Crippen LogP contribution in [0.1, 0.15) is 26.2 Å². The lowest BCUT2D eigenvalue weighted by atomic mass is 9.57. The SMILES string of the molecule is CC12CC3CC1CC=CC32. The molecular weight excluding hydrogens is 120 g/mol. The third-order valence-electron chi connectivity index (χ3n) is 4.26. The molecule has 0 heterocycles. The van der Waals surface area contributed by atoms with Gasteiger partial charge in [0.15, 0.2) is 0 Å². The lowest BCUT2D eigenvalue weighted by molar-refractivity contribution is 0.0550. The Kier molecular flexibility index (Phi) is 0.725. The van der Waals surface area contributed by atoms with Gasteiger partial charge in [0.1, 0.15) is 0 Å². The Balaban J connectivity index is 2.10. The monoisotopic (exact) mass is 134 g/mol. The molecule has 0 radical (unpaired) electrons. The minimum atomic E-state index is 0.763. The molecule has 0 amide bonds. The van der Waals surface area contributed by atoms with E-state index in [4.69, 9.17) is 0 Å². The zero-order chi connectivity index (χ0) is 6.77. The van der Waals surface area contributed by atoms with E-state index in [2.05, 4.69) is 19.1 Å². The van der Waals surface area contributed by atoms with Crippen LogP contribution in [0.4, 0.5) is 0 Å². The first kappa shape index (κ1) is 5.40. The molecule has 4 aliphatic rings. The Bertz CT molecular complexity index is 204. The maximum Gasteiger partial charge on any atom is -0.0148 e. The molecule has 0 N–H and O–H groups in total. The van der Waals surface area contributed by atoms with Crippen molar-refractivity contribution >= 4 is 0 Å². The van der Waals surface area contributed by atoms with E-state index in [0.29, 0.717) is 0 Å². The highest BCUT2D eigenvalue weighted by atomic mass is 14.6. The molecular formula is C10H14. The molecule has 10 heavy (non-hydrogen) atoms. The molecule has 0 nitrogen and oxygen atoms in total. The summed E-state index contributed by atoms with van der Waals surface area (Å²) in [5.74, 6) is 3.15. The van der Waals surface area contributed by atoms with E-state index in [1.807, 2.05) is 0 Å². The van der Waals surface area contributed by atoms with Gasteiger partial charge in [0.2, 0.25) is 0 Å². The van der Waals surface area contributed by atoms with Crippen LogP contribution in [0.25, 0.3) is 0 Å². The van der Waals surface area contributed by atoms with Gasteiger partial charge >= 0.3 is 0 Å². The van der Waals surface area contributed by atoms with Crippen LogP contribution >= 0.6 is 0 Å². The van der Waals surface area contributed by atoms with E-state index in [0.717, 1.165) is 23.2 Å². The van der Waals surface area contributed by atoms with Crippen molar-refractivity contribution in [1.82, 2.24) is 0 Å². The molecule has 3 fully saturated rings. The second-order valence-electron chi connectivity index (χ2n) is 4.59. The van der Waals surface area contributed by atoms with Gasteiger partial charge in [-0.1, -0.05) is 19.1 Å². The first-order valence-electron chi connectivity index (χ1n) is 4.47. The van der Waals surface area contributed by atoms with Crippen molar-refractivity contribution < 1.29 is 0 Å². The van der Waals surface area contributed by atoms with Crippen LogP contribution in [0.5, 0.6) is 0 Å². The molecule has 0 aromatic heterocycles. The summed E-state index contributed by atoms with van der Waals surface area (Å²) in [5.41, 5.74) is 0.763. The number of hydrogen-bond acceptors (Lipinski definition) is 0. The summed E-state index contributed by atoms with van der Waals surface area (Å²) in [7, 11) is 0. The molecule has 0 aromatic rings. The molecule has 0 saturated heterocycles. The molecule has 4 atom stereocenters. The lowest BCUT2D eigenvalue weighted by Crippen LogP contribution is -2.40. The lowest BCUT2D eigenvalue weighted by Gasteiger charge is -2.47. The Morgan fingerprint density at radius 3 is 3.10 bits per heavy atom. The van der Waals surface area contributed by atoms with Crippen LogP contribution < -0.4 is 0 Å². The average Bonchev–Trinajstić information content (AvgIpc) is 2.21. The predicted molar refractivity (Wildman–Crippen MR) is 41.6 cm³/mol. The van der Waals surface area contributed by atoms with Gasteiger partial charge in [-0.25, -0.2) is 0 Å². The van der Waals surface area contributed by atoms with Crippen LogP contribution in [0.15, 0.2) is 12.2 Å². The minimum absolute atomic E-state index is 0.763. The molecule has 4 bridgehead atoms. The van der Waals surface area contributed by atoms with Gasteiger partial charge in [0.25, 0.3) is 0 Å². The molecule has 4 unspecified atom stereocenters. The molecule has 3 saturated carbocycles. The topological polar surface area (TPSA) is 0 Å². The molecule has 0 aromatic carbocycles. The Labute approximate surface area is 62.3 Å². The zero-order valence-corrected chi connectivity index (χ0v) is 6.51. The smallest absolute Gasteiger partial charge is 0.0148 e. The summed E-state index contributed by atoms with van der Waals surface area (Å²) >= 11 is 0. The Morgan fingerprint density at radius 2 is 2.40 bits per heavy atom. The molecule has 0 heteroatoms. The highest BCUT2D eigenvalue weighted by Crippen LogP contribution is 2.68. The van der Waals surface area contributed by atoms with Crippen molar-refractivity contribution in [3.05, 3.63) is 12.2 Å². The summed E-state index contributed by atoms with van der Waals surface area (Å²) in [6, 6.07) is 0. The van der Waals surface area contributed by atoms with E-state index in [9.17, 15) is 0 Å². The van der Waals surface area contributed by atoms with Gasteiger partial charge in [-0.2, -0.15) is 0 Å². The Hall–Kier alpha value is -0.260. The first-order chi connectivity index (χ1) is 4.81. The third kappa shape index (κ3) is 0.372. The fraction of sp³-hybridized carbons (Fsp3) is 0.800. The summed E-state index contributed by atoms with van der Waals surface area (Å²) in [6.45, 7) is 2.50. The fourth-order valence-corrected chi connectivity index (χ4v) is 3.64. The van der Waals surface area contributed by atoms with Gasteiger partial charge in [-0.3, -0.25) is 0 Å². The van der Waals surface area contributed by atoms with Gasteiger partial charge in [-0.15, -0.1) is 0 Å². The van der Waals surface area contributed by atoms with Crippen molar-refractivity contribution in [3.63, 3.8) is 0 Å². The van der Waals surface area contributed by atoms with Crippen molar-refractivity contribution in [2.75, 3.05) is 0 Å².